The number of carbonyl (C=O) groups excluding carboxylic acids is 1. The van der Waals surface area contributed by atoms with Crippen LogP contribution in [0.15, 0.2) is 18.2 Å². The average Bonchev–Trinajstić information content (AvgIpc) is 2.01. The maximum Gasteiger partial charge on any atom is 0.389 e. The average molecular weight is 212 g/mol. The van der Waals surface area contributed by atoms with E-state index in [1.54, 1.807) is 13.1 Å². The second-order valence-electron chi connectivity index (χ2n) is 3.39. The van der Waals surface area contributed by atoms with Gasteiger partial charge in [-0.25, -0.2) is 0 Å². The second kappa shape index (κ2) is 3.81. The van der Waals surface area contributed by atoms with E-state index in [9.17, 15) is 14.7 Å². The summed E-state index contributed by atoms with van der Waals surface area (Å²) in [6.07, 6.45) is 0.556. The van der Waals surface area contributed by atoms with Gasteiger partial charge in [-0.3, -0.25) is 4.79 Å². The standard InChI is InChI=1S/C9H12O4Si/c1-14(2,12)13-8-4-3-7(6-10)9(11)5-8/h3-6,11-12H,1-2H3. The molecule has 0 aliphatic heterocycles. The van der Waals surface area contributed by atoms with Crippen molar-refractivity contribution < 1.29 is 19.1 Å². The van der Waals surface area contributed by atoms with E-state index in [1.165, 1.54) is 18.2 Å². The van der Waals surface area contributed by atoms with E-state index in [0.717, 1.165) is 0 Å². The monoisotopic (exact) mass is 212 g/mol. The molecule has 0 amide bonds. The third-order valence-electron chi connectivity index (χ3n) is 1.50. The first-order chi connectivity index (χ1) is 6.42. The fourth-order valence-electron chi connectivity index (χ4n) is 0.975. The molecule has 76 valence electrons. The lowest BCUT2D eigenvalue weighted by molar-refractivity contribution is 0.112. The summed E-state index contributed by atoms with van der Waals surface area (Å²) in [4.78, 5) is 19.8. The van der Waals surface area contributed by atoms with Gasteiger partial charge in [-0.15, -0.1) is 0 Å². The SMILES string of the molecule is C[Si](C)(O)Oc1ccc(C=O)c(O)c1. The van der Waals surface area contributed by atoms with Crippen LogP contribution >= 0.6 is 0 Å². The zero-order valence-corrected chi connectivity index (χ0v) is 9.02. The van der Waals surface area contributed by atoms with Gasteiger partial charge in [0.25, 0.3) is 0 Å². The predicted octanol–water partition coefficient (Wildman–Crippen LogP) is 1.28. The Bertz CT molecular complexity index is 343. The Kier molecular flexibility index (Phi) is 2.92. The molecule has 1 aromatic carbocycles. The lowest BCUT2D eigenvalue weighted by Gasteiger charge is -2.16. The Balaban J connectivity index is 2.92. The van der Waals surface area contributed by atoms with Gasteiger partial charge in [-0.1, -0.05) is 0 Å². The van der Waals surface area contributed by atoms with E-state index in [-0.39, 0.29) is 11.3 Å². The van der Waals surface area contributed by atoms with E-state index in [2.05, 4.69) is 0 Å². The van der Waals surface area contributed by atoms with E-state index in [1.807, 2.05) is 0 Å². The summed E-state index contributed by atoms with van der Waals surface area (Å²) in [7, 11) is -2.65. The molecule has 0 heterocycles. The van der Waals surface area contributed by atoms with E-state index in [0.29, 0.717) is 12.0 Å². The number of phenolic OH excluding ortho intramolecular Hbond substituents is 1. The third kappa shape index (κ3) is 2.86. The number of carbonyl (C=O) groups is 1. The maximum absolute atomic E-state index is 10.4. The minimum Gasteiger partial charge on any atom is -0.520 e. The molecule has 4 nitrogen and oxygen atoms in total. The number of hydrogen-bond acceptors (Lipinski definition) is 4. The third-order valence-corrected chi connectivity index (χ3v) is 2.23. The normalized spacial score (nSPS) is 11.1. The highest BCUT2D eigenvalue weighted by molar-refractivity contribution is 6.63. The summed E-state index contributed by atoms with van der Waals surface area (Å²) >= 11 is 0. The van der Waals surface area contributed by atoms with Gasteiger partial charge in [0.05, 0.1) is 5.56 Å². The van der Waals surface area contributed by atoms with Crippen molar-refractivity contribution in [2.75, 3.05) is 0 Å². The van der Waals surface area contributed by atoms with Crippen molar-refractivity contribution in [1.82, 2.24) is 0 Å². The molecule has 0 atom stereocenters. The van der Waals surface area contributed by atoms with Gasteiger partial charge in [0.2, 0.25) is 0 Å². The molecule has 0 aromatic heterocycles. The molecular formula is C9H12O4Si. The Morgan fingerprint density at radius 3 is 2.50 bits per heavy atom. The summed E-state index contributed by atoms with van der Waals surface area (Å²) < 4.78 is 5.20. The summed E-state index contributed by atoms with van der Waals surface area (Å²) in [6, 6.07) is 4.29. The zero-order valence-electron chi connectivity index (χ0n) is 8.02. The van der Waals surface area contributed by atoms with Gasteiger partial charge in [0, 0.05) is 6.07 Å². The van der Waals surface area contributed by atoms with Crippen molar-refractivity contribution in [1.29, 1.82) is 0 Å². The first-order valence-corrected chi connectivity index (χ1v) is 6.97. The Morgan fingerprint density at radius 2 is 2.07 bits per heavy atom. The first-order valence-electron chi connectivity index (χ1n) is 4.12. The van der Waals surface area contributed by atoms with Crippen molar-refractivity contribution in [3.8, 4) is 11.5 Å². The van der Waals surface area contributed by atoms with Crippen molar-refractivity contribution >= 4 is 14.8 Å². The maximum atomic E-state index is 10.4. The molecule has 5 heteroatoms. The van der Waals surface area contributed by atoms with Crippen LogP contribution in [-0.2, 0) is 0 Å². The fraction of sp³-hybridized carbons (Fsp3) is 0.222. The minimum atomic E-state index is -2.65. The Labute approximate surface area is 83.0 Å². The second-order valence-corrected chi connectivity index (χ2v) is 6.48. The number of phenols is 1. The molecule has 0 saturated heterocycles. The molecule has 0 bridgehead atoms. The predicted molar refractivity (Wildman–Crippen MR) is 53.8 cm³/mol. The molecule has 0 unspecified atom stereocenters. The van der Waals surface area contributed by atoms with Crippen molar-refractivity contribution in [2.24, 2.45) is 0 Å². The highest BCUT2D eigenvalue weighted by Crippen LogP contribution is 2.23. The molecular weight excluding hydrogens is 200 g/mol. The number of rotatable bonds is 3. The van der Waals surface area contributed by atoms with Crippen molar-refractivity contribution in [3.05, 3.63) is 23.8 Å². The van der Waals surface area contributed by atoms with E-state index >= 15 is 0 Å². The van der Waals surface area contributed by atoms with E-state index < -0.39 is 8.56 Å². The smallest absolute Gasteiger partial charge is 0.389 e. The Hall–Kier alpha value is -1.33. The summed E-state index contributed by atoms with van der Waals surface area (Å²) in [5.74, 6) is 0.225. The summed E-state index contributed by atoms with van der Waals surface area (Å²) in [6.45, 7) is 3.22. The molecule has 0 radical (unpaired) electrons. The zero-order chi connectivity index (χ0) is 10.8. The van der Waals surface area contributed by atoms with Crippen LogP contribution in [0.4, 0.5) is 0 Å². The number of hydrogen-bond donors (Lipinski definition) is 2. The minimum absolute atomic E-state index is 0.143. The fourth-order valence-corrected chi connectivity index (χ4v) is 1.68. The number of aldehydes is 1. The van der Waals surface area contributed by atoms with Gasteiger partial charge in [0.1, 0.15) is 11.5 Å². The Morgan fingerprint density at radius 1 is 1.43 bits per heavy atom. The van der Waals surface area contributed by atoms with Crippen LogP contribution < -0.4 is 4.43 Å². The summed E-state index contributed by atoms with van der Waals surface area (Å²) in [5, 5.41) is 9.31. The van der Waals surface area contributed by atoms with Crippen LogP contribution in [0.3, 0.4) is 0 Å². The topological polar surface area (TPSA) is 66.8 Å². The van der Waals surface area contributed by atoms with Crippen LogP contribution in [0.2, 0.25) is 13.1 Å². The van der Waals surface area contributed by atoms with E-state index in [4.69, 9.17) is 4.43 Å². The quantitative estimate of drug-likeness (QED) is 0.585. The molecule has 1 aromatic rings. The van der Waals surface area contributed by atoms with Crippen LogP contribution in [0, 0.1) is 0 Å². The van der Waals surface area contributed by atoms with Gasteiger partial charge in [-0.2, -0.15) is 0 Å². The van der Waals surface area contributed by atoms with Crippen molar-refractivity contribution in [2.45, 2.75) is 13.1 Å². The summed E-state index contributed by atoms with van der Waals surface area (Å²) in [5.41, 5.74) is 0.203. The van der Waals surface area contributed by atoms with Crippen LogP contribution in [0.5, 0.6) is 11.5 Å². The largest absolute Gasteiger partial charge is 0.520 e. The molecule has 1 rings (SSSR count). The van der Waals surface area contributed by atoms with Crippen molar-refractivity contribution in [3.63, 3.8) is 0 Å². The molecule has 0 fully saturated rings. The van der Waals surface area contributed by atoms with Crippen LogP contribution in [0.1, 0.15) is 10.4 Å². The molecule has 2 N–H and O–H groups in total. The highest BCUT2D eigenvalue weighted by Gasteiger charge is 2.20. The van der Waals surface area contributed by atoms with Crippen LogP contribution in [0.25, 0.3) is 0 Å². The molecule has 0 aliphatic rings. The number of benzene rings is 1. The van der Waals surface area contributed by atoms with Gasteiger partial charge in [-0.05, 0) is 25.2 Å². The van der Waals surface area contributed by atoms with Crippen LogP contribution in [-0.4, -0.2) is 24.7 Å². The number of aromatic hydroxyl groups is 1. The lowest BCUT2D eigenvalue weighted by atomic mass is 10.2. The van der Waals surface area contributed by atoms with Gasteiger partial charge < -0.3 is 14.3 Å². The lowest BCUT2D eigenvalue weighted by Crippen LogP contribution is -2.33. The first kappa shape index (κ1) is 10.7. The molecule has 0 aliphatic carbocycles. The van der Waals surface area contributed by atoms with Gasteiger partial charge >= 0.3 is 8.56 Å². The van der Waals surface area contributed by atoms with Gasteiger partial charge in [0.15, 0.2) is 6.29 Å². The molecule has 0 spiro atoms. The highest BCUT2D eigenvalue weighted by atomic mass is 28.4. The molecule has 0 saturated carbocycles. The molecule has 14 heavy (non-hydrogen) atoms.